The van der Waals surface area contributed by atoms with Gasteiger partial charge >= 0.3 is 0 Å². The molecule has 2 N–H and O–H groups in total. The molecule has 0 radical (unpaired) electrons. The third-order valence-electron chi connectivity index (χ3n) is 3.66. The molecule has 0 aliphatic rings. The van der Waals surface area contributed by atoms with E-state index in [1.807, 2.05) is 6.07 Å². The fourth-order valence-electron chi connectivity index (χ4n) is 2.52. The van der Waals surface area contributed by atoms with Gasteiger partial charge in [-0.25, -0.2) is 14.4 Å². The van der Waals surface area contributed by atoms with Crippen molar-refractivity contribution in [1.82, 2.24) is 9.97 Å². The van der Waals surface area contributed by atoms with Crippen LogP contribution < -0.4 is 10.6 Å². The van der Waals surface area contributed by atoms with E-state index < -0.39 is 0 Å². The minimum atomic E-state index is -0.332. The van der Waals surface area contributed by atoms with Crippen molar-refractivity contribution in [2.24, 2.45) is 0 Å². The number of rotatable bonds is 5. The number of hydrogen-bond acceptors (Lipinski definition) is 4. The average Bonchev–Trinajstić information content (AvgIpc) is 2.56. The van der Waals surface area contributed by atoms with E-state index >= 15 is 0 Å². The Bertz CT molecular complexity index is 932. The molecule has 0 bridgehead atoms. The Labute approximate surface area is 149 Å². The van der Waals surface area contributed by atoms with Crippen LogP contribution in [0.2, 0.25) is 5.02 Å². The Morgan fingerprint density at radius 1 is 1.20 bits per heavy atom. The van der Waals surface area contributed by atoms with Crippen molar-refractivity contribution >= 4 is 39.9 Å². The molecule has 0 saturated carbocycles. The van der Waals surface area contributed by atoms with Gasteiger partial charge in [-0.3, -0.25) is 4.79 Å². The van der Waals surface area contributed by atoms with E-state index in [0.717, 1.165) is 5.56 Å². The second kappa shape index (κ2) is 7.44. The summed E-state index contributed by atoms with van der Waals surface area (Å²) in [5, 5.41) is 7.09. The zero-order valence-corrected chi connectivity index (χ0v) is 14.3. The monoisotopic (exact) mass is 358 g/mol. The predicted octanol–water partition coefficient (Wildman–Crippen LogP) is 4.04. The number of carbonyl (C=O) groups is 1. The second-order valence-electron chi connectivity index (χ2n) is 5.55. The van der Waals surface area contributed by atoms with E-state index in [2.05, 4.69) is 20.6 Å². The number of fused-ring (bicyclic) bond motifs is 1. The van der Waals surface area contributed by atoms with Gasteiger partial charge in [0.1, 0.15) is 18.0 Å². The minimum Gasteiger partial charge on any atom is -0.369 e. The van der Waals surface area contributed by atoms with E-state index in [0.29, 0.717) is 40.4 Å². The van der Waals surface area contributed by atoms with E-state index in [-0.39, 0.29) is 11.7 Å². The molecule has 25 heavy (non-hydrogen) atoms. The Kier molecular flexibility index (Phi) is 5.09. The van der Waals surface area contributed by atoms with Gasteiger partial charge in [0.25, 0.3) is 0 Å². The molecule has 7 heteroatoms. The highest BCUT2D eigenvalue weighted by atomic mass is 35.5. The summed E-state index contributed by atoms with van der Waals surface area (Å²) in [5.41, 5.74) is 2.27. The summed E-state index contributed by atoms with van der Waals surface area (Å²) in [6, 6.07) is 9.79. The number of hydrogen-bond donors (Lipinski definition) is 2. The minimum absolute atomic E-state index is 0.145. The zero-order chi connectivity index (χ0) is 17.8. The van der Waals surface area contributed by atoms with E-state index in [4.69, 9.17) is 11.6 Å². The maximum Gasteiger partial charge on any atom is 0.221 e. The number of nitrogens with zero attached hydrogens (tertiary/aromatic N) is 2. The van der Waals surface area contributed by atoms with Gasteiger partial charge in [0, 0.05) is 29.6 Å². The van der Waals surface area contributed by atoms with Crippen LogP contribution in [0, 0.1) is 5.82 Å². The Balaban J connectivity index is 1.69. The van der Waals surface area contributed by atoms with Gasteiger partial charge in [-0.15, -0.1) is 0 Å². The van der Waals surface area contributed by atoms with Crippen molar-refractivity contribution in [3.8, 4) is 0 Å². The molecule has 2 aromatic carbocycles. The number of benzene rings is 2. The number of halogens is 2. The Morgan fingerprint density at radius 2 is 2.04 bits per heavy atom. The quantitative estimate of drug-likeness (QED) is 0.722. The smallest absolute Gasteiger partial charge is 0.221 e. The summed E-state index contributed by atoms with van der Waals surface area (Å²) in [6.45, 7) is 2.02. The molecule has 3 aromatic rings. The van der Waals surface area contributed by atoms with Gasteiger partial charge in [-0.05, 0) is 42.3 Å². The predicted molar refractivity (Wildman–Crippen MR) is 97.4 cm³/mol. The summed E-state index contributed by atoms with van der Waals surface area (Å²) in [7, 11) is 0. The maximum atomic E-state index is 13.5. The molecular formula is C18H16ClFN4O. The molecule has 0 atom stereocenters. The summed E-state index contributed by atoms with van der Waals surface area (Å²) < 4.78 is 13.5. The van der Waals surface area contributed by atoms with Crippen LogP contribution in [0.15, 0.2) is 42.7 Å². The van der Waals surface area contributed by atoms with E-state index in [9.17, 15) is 9.18 Å². The first-order chi connectivity index (χ1) is 12.0. The molecular weight excluding hydrogens is 343 g/mol. The number of carbonyl (C=O) groups excluding carboxylic acids is 1. The number of anilines is 2. The molecule has 1 aromatic heterocycles. The second-order valence-corrected chi connectivity index (χ2v) is 5.96. The molecule has 0 saturated heterocycles. The molecule has 128 valence electrons. The van der Waals surface area contributed by atoms with Crippen LogP contribution in [0.25, 0.3) is 10.9 Å². The first-order valence-corrected chi connectivity index (χ1v) is 8.11. The van der Waals surface area contributed by atoms with E-state index in [1.54, 1.807) is 18.2 Å². The van der Waals surface area contributed by atoms with Crippen LogP contribution >= 0.6 is 11.6 Å². The molecule has 5 nitrogen and oxygen atoms in total. The highest BCUT2D eigenvalue weighted by molar-refractivity contribution is 6.31. The highest BCUT2D eigenvalue weighted by Crippen LogP contribution is 2.23. The maximum absolute atomic E-state index is 13.5. The topological polar surface area (TPSA) is 66.9 Å². The molecule has 0 aliphatic heterocycles. The molecule has 0 aliphatic carbocycles. The SMILES string of the molecule is CC(=O)Nc1ccc(CCNc2ncnc3ccc(F)cc23)c(Cl)c1. The lowest BCUT2D eigenvalue weighted by molar-refractivity contribution is -0.114. The lowest BCUT2D eigenvalue weighted by Gasteiger charge is -2.10. The van der Waals surface area contributed by atoms with Crippen LogP contribution in [0.3, 0.4) is 0 Å². The van der Waals surface area contributed by atoms with Crippen LogP contribution in [0.4, 0.5) is 15.9 Å². The van der Waals surface area contributed by atoms with Crippen molar-refractivity contribution in [2.75, 3.05) is 17.2 Å². The lowest BCUT2D eigenvalue weighted by atomic mass is 10.1. The van der Waals surface area contributed by atoms with E-state index in [1.165, 1.54) is 25.4 Å². The van der Waals surface area contributed by atoms with Crippen molar-refractivity contribution in [2.45, 2.75) is 13.3 Å². The van der Waals surface area contributed by atoms with Crippen LogP contribution in [-0.2, 0) is 11.2 Å². The van der Waals surface area contributed by atoms with Gasteiger partial charge in [0.15, 0.2) is 0 Å². The molecule has 0 unspecified atom stereocenters. The van der Waals surface area contributed by atoms with Gasteiger partial charge in [0.05, 0.1) is 5.52 Å². The first-order valence-electron chi connectivity index (χ1n) is 7.73. The number of aromatic nitrogens is 2. The zero-order valence-electron chi connectivity index (χ0n) is 13.5. The van der Waals surface area contributed by atoms with Crippen LogP contribution in [0.1, 0.15) is 12.5 Å². The Morgan fingerprint density at radius 3 is 2.80 bits per heavy atom. The summed E-state index contributed by atoms with van der Waals surface area (Å²) in [4.78, 5) is 19.4. The lowest BCUT2D eigenvalue weighted by Crippen LogP contribution is -2.08. The molecule has 1 amide bonds. The number of amides is 1. The van der Waals surface area contributed by atoms with Gasteiger partial charge < -0.3 is 10.6 Å². The normalized spacial score (nSPS) is 10.7. The first kappa shape index (κ1) is 17.1. The fourth-order valence-corrected chi connectivity index (χ4v) is 2.79. The standard InChI is InChI=1S/C18H16ClFN4O/c1-11(25)24-14-4-2-12(16(19)9-14)6-7-21-18-15-8-13(20)3-5-17(15)22-10-23-18/h2-5,8-10H,6-7H2,1H3,(H,24,25)(H,21,22,23). The average molecular weight is 359 g/mol. The largest absolute Gasteiger partial charge is 0.369 e. The van der Waals surface area contributed by atoms with Crippen molar-refractivity contribution in [3.05, 3.63) is 59.1 Å². The number of nitrogens with one attached hydrogen (secondary N) is 2. The fraction of sp³-hybridized carbons (Fsp3) is 0.167. The molecule has 0 spiro atoms. The van der Waals surface area contributed by atoms with Gasteiger partial charge in [0.2, 0.25) is 5.91 Å². The third kappa shape index (κ3) is 4.22. The van der Waals surface area contributed by atoms with Gasteiger partial charge in [-0.1, -0.05) is 17.7 Å². The molecule has 1 heterocycles. The highest BCUT2D eigenvalue weighted by Gasteiger charge is 2.06. The third-order valence-corrected chi connectivity index (χ3v) is 4.01. The van der Waals surface area contributed by atoms with Gasteiger partial charge in [-0.2, -0.15) is 0 Å². The van der Waals surface area contributed by atoms with Crippen molar-refractivity contribution in [1.29, 1.82) is 0 Å². The van der Waals surface area contributed by atoms with Crippen molar-refractivity contribution in [3.63, 3.8) is 0 Å². The molecule has 3 rings (SSSR count). The molecule has 0 fully saturated rings. The van der Waals surface area contributed by atoms with Crippen LogP contribution in [-0.4, -0.2) is 22.4 Å². The Hall–Kier alpha value is -2.73. The van der Waals surface area contributed by atoms with Crippen LogP contribution in [0.5, 0.6) is 0 Å². The summed E-state index contributed by atoms with van der Waals surface area (Å²) >= 11 is 6.26. The van der Waals surface area contributed by atoms with Crippen molar-refractivity contribution < 1.29 is 9.18 Å². The summed E-state index contributed by atoms with van der Waals surface area (Å²) in [6.07, 6.45) is 2.10. The summed E-state index contributed by atoms with van der Waals surface area (Å²) in [5.74, 6) is 0.103.